The van der Waals surface area contributed by atoms with Crippen molar-refractivity contribution in [2.24, 2.45) is 24.3 Å². The van der Waals surface area contributed by atoms with Gasteiger partial charge in [-0.15, -0.1) is 0 Å². The van der Waals surface area contributed by atoms with E-state index in [-0.39, 0.29) is 0 Å². The molecule has 3 heteroatoms. The summed E-state index contributed by atoms with van der Waals surface area (Å²) in [5, 5.41) is 3.57. The molecular weight excluding hydrogens is 246 g/mol. The predicted molar refractivity (Wildman–Crippen MR) is 84.7 cm³/mol. The van der Waals surface area contributed by atoms with E-state index in [2.05, 4.69) is 49.7 Å². The summed E-state index contributed by atoms with van der Waals surface area (Å²) in [4.78, 5) is 4.46. The summed E-state index contributed by atoms with van der Waals surface area (Å²) in [7, 11) is 4.22. The van der Waals surface area contributed by atoms with E-state index in [1.165, 1.54) is 31.5 Å². The molecule has 1 aliphatic rings. The fraction of sp³-hybridized carbons (Fsp3) is 0.824. The van der Waals surface area contributed by atoms with Gasteiger partial charge in [0.25, 0.3) is 0 Å². The van der Waals surface area contributed by atoms with Crippen molar-refractivity contribution in [1.82, 2.24) is 14.9 Å². The van der Waals surface area contributed by atoms with Crippen LogP contribution in [0.1, 0.15) is 52.3 Å². The van der Waals surface area contributed by atoms with Crippen molar-refractivity contribution >= 4 is 0 Å². The van der Waals surface area contributed by atoms with E-state index in [4.69, 9.17) is 0 Å². The first-order valence-electron chi connectivity index (χ1n) is 8.07. The van der Waals surface area contributed by atoms with Gasteiger partial charge in [0.2, 0.25) is 0 Å². The van der Waals surface area contributed by atoms with E-state index >= 15 is 0 Å². The van der Waals surface area contributed by atoms with Crippen LogP contribution in [0.5, 0.6) is 0 Å². The Bertz CT molecular complexity index is 422. The van der Waals surface area contributed by atoms with Crippen molar-refractivity contribution in [2.45, 2.75) is 58.9 Å². The van der Waals surface area contributed by atoms with Gasteiger partial charge in [0.15, 0.2) is 0 Å². The Labute approximate surface area is 124 Å². The number of nitrogens with zero attached hydrogens (tertiary/aromatic N) is 2. The fourth-order valence-electron chi connectivity index (χ4n) is 3.89. The Morgan fingerprint density at radius 1 is 1.40 bits per heavy atom. The average Bonchev–Trinajstić information content (AvgIpc) is 2.81. The molecule has 1 fully saturated rings. The second-order valence-electron chi connectivity index (χ2n) is 7.36. The Morgan fingerprint density at radius 3 is 2.75 bits per heavy atom. The van der Waals surface area contributed by atoms with Gasteiger partial charge in [0, 0.05) is 31.9 Å². The summed E-state index contributed by atoms with van der Waals surface area (Å²) in [6.07, 6.45) is 10.3. The zero-order valence-corrected chi connectivity index (χ0v) is 13.8. The molecule has 114 valence electrons. The highest BCUT2D eigenvalue weighted by Gasteiger charge is 2.38. The molecule has 1 saturated carbocycles. The van der Waals surface area contributed by atoms with Gasteiger partial charge >= 0.3 is 0 Å². The normalized spacial score (nSPS) is 27.8. The summed E-state index contributed by atoms with van der Waals surface area (Å²) in [6.45, 7) is 7.28. The lowest BCUT2D eigenvalue weighted by Crippen LogP contribution is -2.45. The third-order valence-electron chi connectivity index (χ3n) is 5.40. The van der Waals surface area contributed by atoms with E-state index in [0.717, 1.165) is 18.3 Å². The van der Waals surface area contributed by atoms with E-state index in [1.54, 1.807) is 0 Å². The molecule has 0 spiro atoms. The number of hydrogen-bond donors (Lipinski definition) is 1. The van der Waals surface area contributed by atoms with Gasteiger partial charge in [-0.2, -0.15) is 0 Å². The maximum Gasteiger partial charge on any atom is 0.108 e. The number of rotatable bonds is 5. The minimum atomic E-state index is 0.375. The van der Waals surface area contributed by atoms with Gasteiger partial charge in [-0.05, 0) is 43.6 Å². The number of aryl methyl sites for hydroxylation is 2. The summed E-state index contributed by atoms with van der Waals surface area (Å²) >= 11 is 0. The largest absolute Gasteiger partial charge is 0.338 e. The maximum atomic E-state index is 4.46. The van der Waals surface area contributed by atoms with Crippen LogP contribution in [0.4, 0.5) is 0 Å². The molecule has 1 heterocycles. The molecule has 1 aliphatic carbocycles. The quantitative estimate of drug-likeness (QED) is 0.894. The predicted octanol–water partition coefficient (Wildman–Crippen LogP) is 3.40. The lowest BCUT2D eigenvalue weighted by molar-refractivity contribution is 0.0900. The minimum absolute atomic E-state index is 0.375. The molecule has 1 aromatic heterocycles. The zero-order chi connectivity index (χ0) is 14.8. The molecule has 0 radical (unpaired) electrons. The van der Waals surface area contributed by atoms with Crippen LogP contribution in [0.15, 0.2) is 12.4 Å². The van der Waals surface area contributed by atoms with Crippen LogP contribution < -0.4 is 5.32 Å². The first-order chi connectivity index (χ1) is 9.44. The third-order valence-corrected chi connectivity index (χ3v) is 5.40. The summed E-state index contributed by atoms with van der Waals surface area (Å²) in [6, 6.07) is 0.676. The van der Waals surface area contributed by atoms with E-state index in [9.17, 15) is 0 Å². The Kier molecular flexibility index (Phi) is 4.90. The zero-order valence-electron chi connectivity index (χ0n) is 13.8. The van der Waals surface area contributed by atoms with Gasteiger partial charge in [-0.25, -0.2) is 4.98 Å². The lowest BCUT2D eigenvalue weighted by Gasteiger charge is -2.44. The highest BCUT2D eigenvalue weighted by molar-refractivity contribution is 4.96. The molecule has 3 unspecified atom stereocenters. The van der Waals surface area contributed by atoms with Gasteiger partial charge in [0.1, 0.15) is 5.82 Å². The topological polar surface area (TPSA) is 29.9 Å². The van der Waals surface area contributed by atoms with Gasteiger partial charge in [-0.1, -0.05) is 27.2 Å². The van der Waals surface area contributed by atoms with Crippen LogP contribution in [-0.4, -0.2) is 22.6 Å². The first kappa shape index (κ1) is 15.6. The van der Waals surface area contributed by atoms with Crippen molar-refractivity contribution in [1.29, 1.82) is 0 Å². The van der Waals surface area contributed by atoms with Crippen LogP contribution in [-0.2, 0) is 13.5 Å². The van der Waals surface area contributed by atoms with Crippen LogP contribution in [0, 0.1) is 17.3 Å². The molecule has 20 heavy (non-hydrogen) atoms. The third kappa shape index (κ3) is 3.43. The smallest absolute Gasteiger partial charge is 0.108 e. The van der Waals surface area contributed by atoms with Crippen molar-refractivity contribution in [3.8, 4) is 0 Å². The summed E-state index contributed by atoms with van der Waals surface area (Å²) in [5.74, 6) is 2.86. The van der Waals surface area contributed by atoms with Crippen molar-refractivity contribution in [2.75, 3.05) is 7.05 Å². The number of aromatic nitrogens is 2. The highest BCUT2D eigenvalue weighted by Crippen LogP contribution is 2.42. The Hall–Kier alpha value is -0.830. The van der Waals surface area contributed by atoms with Gasteiger partial charge in [-0.3, -0.25) is 0 Å². The first-order valence-corrected chi connectivity index (χ1v) is 8.07. The van der Waals surface area contributed by atoms with Crippen LogP contribution in [0.2, 0.25) is 0 Å². The molecular formula is C17H31N3. The molecule has 1 aromatic rings. The van der Waals surface area contributed by atoms with E-state index in [1.807, 2.05) is 12.4 Å². The molecule has 3 nitrogen and oxygen atoms in total. The van der Waals surface area contributed by atoms with E-state index in [0.29, 0.717) is 11.5 Å². The molecule has 3 atom stereocenters. The van der Waals surface area contributed by atoms with Gasteiger partial charge in [0.05, 0.1) is 0 Å². The molecule has 0 amide bonds. The molecule has 0 bridgehead atoms. The monoisotopic (exact) mass is 277 g/mol. The molecule has 1 N–H and O–H groups in total. The fourth-order valence-corrected chi connectivity index (χ4v) is 3.89. The van der Waals surface area contributed by atoms with Crippen molar-refractivity contribution < 1.29 is 0 Å². The molecule has 0 saturated heterocycles. The molecule has 0 aromatic carbocycles. The lowest BCUT2D eigenvalue weighted by atomic mass is 9.64. The second kappa shape index (κ2) is 6.30. The van der Waals surface area contributed by atoms with E-state index < -0.39 is 0 Å². The second-order valence-corrected chi connectivity index (χ2v) is 7.36. The SMILES string of the molecule is CNC1CC(C)CCC1C(C)(C)CCc1nccn1C. The standard InChI is InChI=1S/C17H31N3/c1-13-6-7-14(15(12-13)18-4)17(2,3)9-8-16-19-10-11-20(16)5/h10-11,13-15,18H,6-9,12H2,1-5H3. The molecule has 2 rings (SSSR count). The summed E-state index contributed by atoms with van der Waals surface area (Å²) in [5.41, 5.74) is 0.375. The van der Waals surface area contributed by atoms with Gasteiger partial charge < -0.3 is 9.88 Å². The number of hydrogen-bond acceptors (Lipinski definition) is 2. The molecule has 0 aliphatic heterocycles. The minimum Gasteiger partial charge on any atom is -0.338 e. The highest BCUT2D eigenvalue weighted by atomic mass is 15.0. The summed E-state index contributed by atoms with van der Waals surface area (Å²) < 4.78 is 2.15. The number of nitrogens with one attached hydrogen (secondary N) is 1. The van der Waals surface area contributed by atoms with Crippen molar-refractivity contribution in [3.63, 3.8) is 0 Å². The number of imidazole rings is 1. The Morgan fingerprint density at radius 2 is 2.15 bits per heavy atom. The van der Waals surface area contributed by atoms with Crippen molar-refractivity contribution in [3.05, 3.63) is 18.2 Å². The van der Waals surface area contributed by atoms with Crippen LogP contribution in [0.3, 0.4) is 0 Å². The van der Waals surface area contributed by atoms with Crippen LogP contribution >= 0.6 is 0 Å². The van der Waals surface area contributed by atoms with Crippen LogP contribution in [0.25, 0.3) is 0 Å². The maximum absolute atomic E-state index is 4.46. The Balaban J connectivity index is 1.99. The average molecular weight is 277 g/mol.